The van der Waals surface area contributed by atoms with Crippen molar-refractivity contribution in [2.75, 3.05) is 6.54 Å². The lowest BCUT2D eigenvalue weighted by Crippen LogP contribution is -2.27. The molecule has 98 valence electrons. The van der Waals surface area contributed by atoms with Crippen molar-refractivity contribution in [3.63, 3.8) is 0 Å². The van der Waals surface area contributed by atoms with Crippen molar-refractivity contribution in [1.82, 2.24) is 4.72 Å². The summed E-state index contributed by atoms with van der Waals surface area (Å²) in [5, 5.41) is 0. The van der Waals surface area contributed by atoms with Gasteiger partial charge in [0.25, 0.3) is 0 Å². The Labute approximate surface area is 104 Å². The lowest BCUT2D eigenvalue weighted by molar-refractivity contribution is 0.378. The lowest BCUT2D eigenvalue weighted by Gasteiger charge is -2.18. The third kappa shape index (κ3) is 4.83. The first-order valence-electron chi connectivity index (χ1n) is 5.46. The Kier molecular flexibility index (Phi) is 4.27. The van der Waals surface area contributed by atoms with Crippen molar-refractivity contribution in [3.8, 4) is 0 Å². The molecule has 0 aliphatic carbocycles. The van der Waals surface area contributed by atoms with E-state index in [1.807, 2.05) is 20.8 Å². The molecule has 0 bridgehead atoms. The summed E-state index contributed by atoms with van der Waals surface area (Å²) in [6.07, 6.45) is 0.743. The molecule has 5 heteroatoms. The first-order valence-corrected chi connectivity index (χ1v) is 6.94. The van der Waals surface area contributed by atoms with Crippen molar-refractivity contribution in [2.45, 2.75) is 32.1 Å². The summed E-state index contributed by atoms with van der Waals surface area (Å²) >= 11 is 0. The predicted octanol–water partition coefficient (Wildman–Crippen LogP) is 2.79. The fraction of sp³-hybridized carbons (Fsp3) is 0.500. The second-order valence-electron chi connectivity index (χ2n) is 5.16. The van der Waals surface area contributed by atoms with Crippen LogP contribution >= 0.6 is 0 Å². The van der Waals surface area contributed by atoms with E-state index in [0.717, 1.165) is 18.6 Å². The third-order valence-electron chi connectivity index (χ3n) is 2.29. The van der Waals surface area contributed by atoms with Crippen LogP contribution in [0.5, 0.6) is 0 Å². The molecule has 0 unspecified atom stereocenters. The van der Waals surface area contributed by atoms with Gasteiger partial charge >= 0.3 is 0 Å². The molecule has 0 radical (unpaired) electrons. The van der Waals surface area contributed by atoms with Crippen LogP contribution in [0.3, 0.4) is 0 Å². The third-order valence-corrected chi connectivity index (χ3v) is 3.77. The van der Waals surface area contributed by atoms with E-state index < -0.39 is 15.8 Å². The molecule has 0 saturated heterocycles. The molecule has 17 heavy (non-hydrogen) atoms. The molecule has 1 aromatic rings. The maximum atomic E-state index is 12.7. The normalized spacial score (nSPS) is 12.7. The van der Waals surface area contributed by atoms with E-state index in [-0.39, 0.29) is 11.7 Å². The van der Waals surface area contributed by atoms with E-state index in [1.54, 1.807) is 0 Å². The number of hydrogen-bond acceptors (Lipinski definition) is 2. The summed E-state index contributed by atoms with van der Waals surface area (Å²) < 4.78 is 38.8. The molecular formula is C12H20FNO2S. The average Bonchev–Trinajstić information content (AvgIpc) is 2.15. The fourth-order valence-electron chi connectivity index (χ4n) is 1.26. The SMILES string of the molecule is CC(C)(C)CCNS(=O)(=O)c1ccc(F)cc1.[HH]. The quantitative estimate of drug-likeness (QED) is 0.906. The molecule has 0 aliphatic rings. The van der Waals surface area contributed by atoms with Crippen LogP contribution in [-0.4, -0.2) is 15.0 Å². The number of hydrogen-bond donors (Lipinski definition) is 1. The largest absolute Gasteiger partial charge is 0.240 e. The van der Waals surface area contributed by atoms with Gasteiger partial charge in [-0.2, -0.15) is 0 Å². The molecule has 0 spiro atoms. The Morgan fingerprint density at radius 1 is 1.24 bits per heavy atom. The van der Waals surface area contributed by atoms with Crippen molar-refractivity contribution >= 4 is 10.0 Å². The molecule has 0 aliphatic heterocycles. The van der Waals surface area contributed by atoms with Crippen LogP contribution in [0.4, 0.5) is 4.39 Å². The molecule has 0 amide bonds. The predicted molar refractivity (Wildman–Crippen MR) is 67.8 cm³/mol. The van der Waals surface area contributed by atoms with Gasteiger partial charge in [0.1, 0.15) is 5.82 Å². The number of benzene rings is 1. The topological polar surface area (TPSA) is 46.2 Å². The Bertz CT molecular complexity index is 466. The van der Waals surface area contributed by atoms with Gasteiger partial charge in [-0.25, -0.2) is 17.5 Å². The Morgan fingerprint density at radius 3 is 2.24 bits per heavy atom. The molecule has 0 atom stereocenters. The molecule has 0 heterocycles. The summed E-state index contributed by atoms with van der Waals surface area (Å²) in [6.45, 7) is 6.50. The number of rotatable bonds is 4. The molecule has 1 rings (SSSR count). The number of halogens is 1. The Hall–Kier alpha value is -0.940. The molecule has 0 saturated carbocycles. The van der Waals surface area contributed by atoms with Gasteiger partial charge in [0.2, 0.25) is 10.0 Å². The van der Waals surface area contributed by atoms with Gasteiger partial charge in [0.05, 0.1) is 4.90 Å². The first kappa shape index (κ1) is 14.1. The smallest absolute Gasteiger partial charge is 0.211 e. The summed E-state index contributed by atoms with van der Waals surface area (Å²) in [5.41, 5.74) is 0.0747. The summed E-state index contributed by atoms with van der Waals surface area (Å²) in [5.74, 6) is -0.446. The van der Waals surface area contributed by atoms with Gasteiger partial charge in [-0.15, -0.1) is 0 Å². The van der Waals surface area contributed by atoms with Crippen LogP contribution in [0.25, 0.3) is 0 Å². The van der Waals surface area contributed by atoms with E-state index in [9.17, 15) is 12.8 Å². The highest BCUT2D eigenvalue weighted by atomic mass is 32.2. The van der Waals surface area contributed by atoms with Crippen LogP contribution in [0.15, 0.2) is 29.2 Å². The maximum Gasteiger partial charge on any atom is 0.240 e. The Balaban J connectivity index is 0.00000289. The van der Waals surface area contributed by atoms with E-state index in [4.69, 9.17) is 0 Å². The maximum absolute atomic E-state index is 12.7. The zero-order valence-corrected chi connectivity index (χ0v) is 11.1. The van der Waals surface area contributed by atoms with Gasteiger partial charge < -0.3 is 0 Å². The number of nitrogens with one attached hydrogen (secondary N) is 1. The molecule has 1 aromatic carbocycles. The van der Waals surface area contributed by atoms with Crippen molar-refractivity contribution in [2.24, 2.45) is 5.41 Å². The van der Waals surface area contributed by atoms with Crippen LogP contribution in [0.2, 0.25) is 0 Å². The highest BCUT2D eigenvalue weighted by Gasteiger charge is 2.16. The van der Waals surface area contributed by atoms with Crippen LogP contribution < -0.4 is 4.72 Å². The first-order chi connectivity index (χ1) is 7.71. The van der Waals surface area contributed by atoms with E-state index in [2.05, 4.69) is 4.72 Å². The summed E-state index contributed by atoms with van der Waals surface area (Å²) in [7, 11) is -3.52. The van der Waals surface area contributed by atoms with E-state index >= 15 is 0 Å². The average molecular weight is 261 g/mol. The molecule has 1 N–H and O–H groups in total. The molecule has 0 aromatic heterocycles. The van der Waals surface area contributed by atoms with Gasteiger partial charge in [0.15, 0.2) is 0 Å². The van der Waals surface area contributed by atoms with Crippen LogP contribution in [-0.2, 0) is 10.0 Å². The molecule has 0 fully saturated rings. The van der Waals surface area contributed by atoms with Gasteiger partial charge in [-0.05, 0) is 36.1 Å². The van der Waals surface area contributed by atoms with E-state index in [0.29, 0.717) is 6.54 Å². The highest BCUT2D eigenvalue weighted by Crippen LogP contribution is 2.18. The van der Waals surface area contributed by atoms with Crippen molar-refractivity contribution < 1.29 is 14.2 Å². The standard InChI is InChI=1S/C12H18FNO2S.H2/c1-12(2,3)8-9-14-17(15,16)11-6-4-10(13)5-7-11;/h4-7,14H,8-9H2,1-3H3;1H. The fourth-order valence-corrected chi connectivity index (χ4v) is 2.29. The van der Waals surface area contributed by atoms with Crippen molar-refractivity contribution in [3.05, 3.63) is 30.1 Å². The Morgan fingerprint density at radius 2 is 1.76 bits per heavy atom. The van der Waals surface area contributed by atoms with E-state index in [1.165, 1.54) is 12.1 Å². The van der Waals surface area contributed by atoms with Crippen LogP contribution in [0.1, 0.15) is 28.6 Å². The van der Waals surface area contributed by atoms with Gasteiger partial charge in [-0.1, -0.05) is 20.8 Å². The summed E-state index contributed by atoms with van der Waals surface area (Å²) in [4.78, 5) is 0.0906. The lowest BCUT2D eigenvalue weighted by atomic mass is 9.93. The molecule has 3 nitrogen and oxygen atoms in total. The monoisotopic (exact) mass is 261 g/mol. The zero-order chi connectivity index (χ0) is 13.1. The second kappa shape index (κ2) is 5.14. The minimum absolute atomic E-state index is 0. The van der Waals surface area contributed by atoms with Crippen molar-refractivity contribution in [1.29, 1.82) is 0 Å². The minimum Gasteiger partial charge on any atom is -0.211 e. The highest BCUT2D eigenvalue weighted by molar-refractivity contribution is 7.89. The second-order valence-corrected chi connectivity index (χ2v) is 6.93. The summed E-state index contributed by atoms with van der Waals surface area (Å²) in [6, 6.07) is 4.79. The zero-order valence-electron chi connectivity index (χ0n) is 10.3. The van der Waals surface area contributed by atoms with Gasteiger partial charge in [0, 0.05) is 7.97 Å². The molecular weight excluding hydrogens is 241 g/mol. The minimum atomic E-state index is -3.52. The van der Waals surface area contributed by atoms with Crippen LogP contribution in [0, 0.1) is 11.2 Å². The van der Waals surface area contributed by atoms with Gasteiger partial charge in [-0.3, -0.25) is 0 Å². The number of sulfonamides is 1.